The fourth-order valence-electron chi connectivity index (χ4n) is 1.96. The van der Waals surface area contributed by atoms with Crippen molar-refractivity contribution in [3.05, 3.63) is 16.1 Å². The minimum atomic E-state index is 0.160. The smallest absolute Gasteiger partial charge is 0.0931 e. The lowest BCUT2D eigenvalue weighted by Crippen LogP contribution is -2.33. The van der Waals surface area contributed by atoms with Crippen LogP contribution in [0.5, 0.6) is 0 Å². The Morgan fingerprint density at radius 3 is 2.26 bits per heavy atom. The van der Waals surface area contributed by atoms with Gasteiger partial charge in [-0.3, -0.25) is 0 Å². The maximum atomic E-state index is 4.83. The van der Waals surface area contributed by atoms with Gasteiger partial charge in [0.1, 0.15) is 0 Å². The van der Waals surface area contributed by atoms with Crippen molar-refractivity contribution in [1.29, 1.82) is 0 Å². The lowest BCUT2D eigenvalue weighted by atomic mass is 9.79. The predicted octanol–water partition coefficient (Wildman–Crippen LogP) is 4.25. The fraction of sp³-hybridized carbons (Fsp3) is 0.812. The Morgan fingerprint density at radius 1 is 1.21 bits per heavy atom. The highest BCUT2D eigenvalue weighted by Crippen LogP contribution is 2.31. The Kier molecular flexibility index (Phi) is 5.57. The number of aromatic nitrogens is 1. The van der Waals surface area contributed by atoms with Crippen molar-refractivity contribution in [2.24, 2.45) is 11.3 Å². The zero-order valence-electron chi connectivity index (χ0n) is 13.6. The first-order valence-electron chi connectivity index (χ1n) is 7.30. The van der Waals surface area contributed by atoms with Crippen LogP contribution in [-0.2, 0) is 11.8 Å². The lowest BCUT2D eigenvalue weighted by Gasteiger charge is -2.30. The highest BCUT2D eigenvalue weighted by Gasteiger charge is 2.26. The van der Waals surface area contributed by atoms with Gasteiger partial charge in [-0.15, -0.1) is 11.3 Å². The van der Waals surface area contributed by atoms with Crippen LogP contribution in [0.15, 0.2) is 5.38 Å². The van der Waals surface area contributed by atoms with E-state index in [1.807, 2.05) is 11.3 Å². The molecule has 2 nitrogen and oxygen atoms in total. The molecule has 1 rings (SSSR count). The maximum Gasteiger partial charge on any atom is 0.0931 e. The van der Waals surface area contributed by atoms with Gasteiger partial charge in [0.15, 0.2) is 0 Å². The third-order valence-corrected chi connectivity index (χ3v) is 4.48. The number of nitrogens with one attached hydrogen (secondary N) is 1. The topological polar surface area (TPSA) is 24.9 Å². The Balaban J connectivity index is 2.76. The molecule has 0 amide bonds. The number of rotatable bonds is 5. The van der Waals surface area contributed by atoms with Crippen molar-refractivity contribution >= 4 is 11.3 Å². The number of hydrogen-bond acceptors (Lipinski definition) is 3. The molecule has 1 atom stereocenters. The van der Waals surface area contributed by atoms with Crippen molar-refractivity contribution in [3.63, 3.8) is 0 Å². The number of thiazole rings is 1. The van der Waals surface area contributed by atoms with E-state index in [0.29, 0.717) is 11.3 Å². The van der Waals surface area contributed by atoms with Crippen molar-refractivity contribution in [2.45, 2.75) is 60.3 Å². The summed E-state index contributed by atoms with van der Waals surface area (Å²) in [6.07, 6.45) is 1.08. The minimum Gasteiger partial charge on any atom is -0.317 e. The molecule has 0 aromatic carbocycles. The van der Waals surface area contributed by atoms with E-state index in [0.717, 1.165) is 19.5 Å². The molecule has 19 heavy (non-hydrogen) atoms. The molecule has 0 saturated heterocycles. The molecule has 1 unspecified atom stereocenters. The predicted molar refractivity (Wildman–Crippen MR) is 86.0 cm³/mol. The molecule has 1 N–H and O–H groups in total. The van der Waals surface area contributed by atoms with Crippen molar-refractivity contribution < 1.29 is 0 Å². The van der Waals surface area contributed by atoms with Crippen molar-refractivity contribution in [2.75, 3.05) is 13.1 Å². The Labute approximate surface area is 123 Å². The van der Waals surface area contributed by atoms with E-state index >= 15 is 0 Å². The van der Waals surface area contributed by atoms with E-state index in [1.54, 1.807) is 0 Å². The van der Waals surface area contributed by atoms with E-state index in [1.165, 1.54) is 10.7 Å². The largest absolute Gasteiger partial charge is 0.317 e. The molecular weight excluding hydrogens is 252 g/mol. The monoisotopic (exact) mass is 282 g/mol. The second kappa shape index (κ2) is 6.36. The summed E-state index contributed by atoms with van der Waals surface area (Å²) in [4.78, 5) is 4.83. The summed E-state index contributed by atoms with van der Waals surface area (Å²) in [5.74, 6) is 0.631. The summed E-state index contributed by atoms with van der Waals surface area (Å²) in [7, 11) is 0. The van der Waals surface area contributed by atoms with Crippen LogP contribution in [0, 0.1) is 11.3 Å². The number of hydrogen-bond donors (Lipinski definition) is 1. The standard InChI is InChI=1S/C16H30N2S/c1-8-17-10-12(15(2,3)4)9-14-18-13(11-19-14)16(5,6)7/h11-12,17H,8-10H2,1-7H3. The average Bonchev–Trinajstić information content (AvgIpc) is 2.70. The molecule has 0 saturated carbocycles. The van der Waals surface area contributed by atoms with Crippen LogP contribution in [-0.4, -0.2) is 18.1 Å². The van der Waals surface area contributed by atoms with Gasteiger partial charge in [0.2, 0.25) is 0 Å². The highest BCUT2D eigenvalue weighted by atomic mass is 32.1. The molecule has 1 aromatic heterocycles. The quantitative estimate of drug-likeness (QED) is 0.873. The molecule has 110 valence electrons. The van der Waals surface area contributed by atoms with Crippen LogP contribution < -0.4 is 5.32 Å². The lowest BCUT2D eigenvalue weighted by molar-refractivity contribution is 0.231. The van der Waals surface area contributed by atoms with Gasteiger partial charge in [-0.25, -0.2) is 4.98 Å². The van der Waals surface area contributed by atoms with E-state index in [4.69, 9.17) is 4.98 Å². The van der Waals surface area contributed by atoms with Crippen LogP contribution in [0.2, 0.25) is 0 Å². The SMILES string of the molecule is CCNCC(Cc1nc(C(C)(C)C)cs1)C(C)(C)C. The second-order valence-corrected chi connectivity index (χ2v) is 8.39. The summed E-state index contributed by atoms with van der Waals surface area (Å²) in [5, 5.41) is 6.99. The van der Waals surface area contributed by atoms with Gasteiger partial charge < -0.3 is 5.32 Å². The maximum absolute atomic E-state index is 4.83. The summed E-state index contributed by atoms with van der Waals surface area (Å²) >= 11 is 1.82. The Hall–Kier alpha value is -0.410. The minimum absolute atomic E-state index is 0.160. The van der Waals surface area contributed by atoms with Gasteiger partial charge in [0.25, 0.3) is 0 Å². The van der Waals surface area contributed by atoms with Gasteiger partial charge in [-0.2, -0.15) is 0 Å². The van der Waals surface area contributed by atoms with E-state index in [9.17, 15) is 0 Å². The van der Waals surface area contributed by atoms with Crippen LogP contribution in [0.4, 0.5) is 0 Å². The van der Waals surface area contributed by atoms with E-state index < -0.39 is 0 Å². The zero-order chi connectivity index (χ0) is 14.7. The first-order chi connectivity index (χ1) is 8.64. The summed E-state index contributed by atoms with van der Waals surface area (Å²) < 4.78 is 0. The van der Waals surface area contributed by atoms with Crippen LogP contribution in [0.3, 0.4) is 0 Å². The fourth-order valence-corrected chi connectivity index (χ4v) is 3.07. The summed E-state index contributed by atoms with van der Waals surface area (Å²) in [5.41, 5.74) is 1.70. The molecule has 0 aliphatic carbocycles. The normalized spacial score (nSPS) is 14.7. The summed E-state index contributed by atoms with van der Waals surface area (Å²) in [6, 6.07) is 0. The first-order valence-corrected chi connectivity index (χ1v) is 8.18. The molecule has 0 aliphatic rings. The van der Waals surface area contributed by atoms with Crippen LogP contribution in [0.25, 0.3) is 0 Å². The molecule has 1 heterocycles. The Morgan fingerprint density at radius 2 is 1.84 bits per heavy atom. The third kappa shape index (κ3) is 5.23. The highest BCUT2D eigenvalue weighted by molar-refractivity contribution is 7.09. The molecule has 0 fully saturated rings. The average molecular weight is 282 g/mol. The Bertz CT molecular complexity index is 382. The van der Waals surface area contributed by atoms with Gasteiger partial charge in [0.05, 0.1) is 10.7 Å². The van der Waals surface area contributed by atoms with Gasteiger partial charge >= 0.3 is 0 Å². The van der Waals surface area contributed by atoms with Gasteiger partial charge in [-0.1, -0.05) is 48.5 Å². The molecule has 3 heteroatoms. The van der Waals surface area contributed by atoms with Gasteiger partial charge in [0, 0.05) is 17.2 Å². The van der Waals surface area contributed by atoms with Crippen molar-refractivity contribution in [1.82, 2.24) is 10.3 Å². The molecule has 0 radical (unpaired) electrons. The molecule has 0 bridgehead atoms. The van der Waals surface area contributed by atoms with Crippen LogP contribution >= 0.6 is 11.3 Å². The van der Waals surface area contributed by atoms with E-state index in [2.05, 4.69) is 59.2 Å². The zero-order valence-corrected chi connectivity index (χ0v) is 14.4. The second-order valence-electron chi connectivity index (χ2n) is 7.45. The third-order valence-electron chi connectivity index (χ3n) is 3.61. The summed E-state index contributed by atoms with van der Waals surface area (Å²) in [6.45, 7) is 17.9. The first kappa shape index (κ1) is 16.6. The van der Waals surface area contributed by atoms with Crippen LogP contribution in [0.1, 0.15) is 59.2 Å². The van der Waals surface area contributed by atoms with Crippen molar-refractivity contribution in [3.8, 4) is 0 Å². The molecule has 1 aromatic rings. The molecule has 0 spiro atoms. The van der Waals surface area contributed by atoms with E-state index in [-0.39, 0.29) is 5.41 Å². The molecular formula is C16H30N2S. The number of nitrogens with zero attached hydrogens (tertiary/aromatic N) is 1. The molecule has 0 aliphatic heterocycles. The van der Waals surface area contributed by atoms with Gasteiger partial charge in [-0.05, 0) is 24.4 Å².